The zero-order valence-corrected chi connectivity index (χ0v) is 39.9. The molecular weight excluding hydrogens is 885 g/mol. The summed E-state index contributed by atoms with van der Waals surface area (Å²) in [7, 11) is 0. The molecule has 0 saturated heterocycles. The number of hydrogen-bond acceptors (Lipinski definition) is 5. The predicted molar refractivity (Wildman–Crippen MR) is 298 cm³/mol. The number of nitrogens with zero attached hydrogens (tertiary/aromatic N) is 4. The molecule has 14 aromatic rings. The summed E-state index contributed by atoms with van der Waals surface area (Å²) >= 11 is 1.87. The van der Waals surface area contributed by atoms with Crippen LogP contribution in [0.4, 0.5) is 0 Å². The summed E-state index contributed by atoms with van der Waals surface area (Å²) in [5.41, 5.74) is 14.7. The molecule has 336 valence electrons. The molecule has 0 N–H and O–H groups in total. The van der Waals surface area contributed by atoms with E-state index in [9.17, 15) is 0 Å². The topological polar surface area (TPSA) is 56.7 Å². The predicted octanol–water partition coefficient (Wildman–Crippen LogP) is 18.3. The molecule has 0 unspecified atom stereocenters. The maximum absolute atomic E-state index is 6.30. The molecule has 4 heterocycles. The molecule has 4 aromatic heterocycles. The largest absolute Gasteiger partial charge is 0.456 e. The van der Waals surface area contributed by atoms with Crippen molar-refractivity contribution in [2.24, 2.45) is 0 Å². The number of fused-ring (bicyclic) bond motifs is 9. The van der Waals surface area contributed by atoms with Gasteiger partial charge in [0.25, 0.3) is 0 Å². The van der Waals surface area contributed by atoms with Gasteiger partial charge in [0, 0.05) is 69.7 Å². The van der Waals surface area contributed by atoms with Gasteiger partial charge in [-0.3, -0.25) is 0 Å². The Morgan fingerprint density at radius 3 is 1.69 bits per heavy atom. The molecule has 0 spiro atoms. The molecule has 0 fully saturated rings. The third-order valence-electron chi connectivity index (χ3n) is 13.5. The summed E-state index contributed by atoms with van der Waals surface area (Å²) in [4.78, 5) is 15.3. The first-order chi connectivity index (χ1) is 35.2. The number of para-hydroxylation sites is 2. The van der Waals surface area contributed by atoms with Crippen molar-refractivity contribution in [3.05, 3.63) is 231 Å². The van der Waals surface area contributed by atoms with E-state index in [2.05, 4.69) is 180 Å². The number of thiophene rings is 1. The maximum atomic E-state index is 6.30. The lowest BCUT2D eigenvalue weighted by molar-refractivity contribution is 0.669. The van der Waals surface area contributed by atoms with Gasteiger partial charge in [-0.1, -0.05) is 172 Å². The third-order valence-corrected chi connectivity index (χ3v) is 14.7. The fraction of sp³-hybridized carbons (Fsp3) is 0.0308. The van der Waals surface area contributed by atoms with Crippen LogP contribution in [0.3, 0.4) is 0 Å². The van der Waals surface area contributed by atoms with Gasteiger partial charge in [0.1, 0.15) is 11.2 Å². The van der Waals surface area contributed by atoms with Crippen molar-refractivity contribution in [3.8, 4) is 73.2 Å². The molecule has 0 aliphatic heterocycles. The number of benzene rings is 10. The van der Waals surface area contributed by atoms with Crippen molar-refractivity contribution >= 4 is 75.3 Å². The maximum Gasteiger partial charge on any atom is 0.164 e. The first-order valence-electron chi connectivity index (χ1n) is 24.2. The van der Waals surface area contributed by atoms with E-state index in [1.165, 1.54) is 53.2 Å². The van der Waals surface area contributed by atoms with Gasteiger partial charge in [0.05, 0.1) is 11.0 Å². The summed E-state index contributed by atoms with van der Waals surface area (Å²) in [6, 6.07) is 81.9. The molecule has 10 aromatic carbocycles. The van der Waals surface area contributed by atoms with Gasteiger partial charge in [-0.25, -0.2) is 15.0 Å². The summed E-state index contributed by atoms with van der Waals surface area (Å²) in [5, 5.41) is 7.13. The van der Waals surface area contributed by atoms with Gasteiger partial charge in [-0.15, -0.1) is 11.3 Å². The molecule has 0 aliphatic rings. The second-order valence-corrected chi connectivity index (χ2v) is 18.6. The van der Waals surface area contributed by atoms with Crippen LogP contribution in [0.1, 0.15) is 13.8 Å². The van der Waals surface area contributed by atoms with Gasteiger partial charge in [-0.2, -0.15) is 0 Å². The Balaban J connectivity index is 0.00000243. The van der Waals surface area contributed by atoms with E-state index in [-0.39, 0.29) is 0 Å². The second kappa shape index (κ2) is 17.5. The molecule has 0 aliphatic carbocycles. The Morgan fingerprint density at radius 1 is 0.352 bits per heavy atom. The SMILES string of the molecule is CC.c1ccc(-c2cc(-c3cccc(-c4cccc5c4sc4ccccc45)c3)c3c(c2)c2ccccc2n3-c2ccc(-c3nc(-c4ccccc4)nc(-c4ccc5c(c4)oc4ccccc45)n3)cc2)cc1. The van der Waals surface area contributed by atoms with E-state index in [4.69, 9.17) is 19.4 Å². The summed E-state index contributed by atoms with van der Waals surface area (Å²) < 4.78 is 11.3. The van der Waals surface area contributed by atoms with Crippen LogP contribution in [0.2, 0.25) is 0 Å². The van der Waals surface area contributed by atoms with Crippen LogP contribution < -0.4 is 0 Å². The molecule has 14 rings (SSSR count). The monoisotopic (exact) mass is 928 g/mol. The number of furan rings is 1. The van der Waals surface area contributed by atoms with Crippen molar-refractivity contribution in [2.75, 3.05) is 0 Å². The summed E-state index contributed by atoms with van der Waals surface area (Å²) in [6.07, 6.45) is 0. The number of aromatic nitrogens is 4. The standard InChI is InChI=1S/C63H38N4OS.C2H6/c1-3-15-39(16-4-1)45-36-53(43-20-13-19-42(35-43)47-24-14-25-52-51-23-9-12-28-58(51)69-60(47)52)59-54(37-45)48-21-7-10-26-55(48)67(59)46-32-29-41(30-33-46)62-64-61(40-17-5-2-6-18-40)65-63(66-62)44-31-34-50-49-22-8-11-27-56(49)68-57(50)38-44;1-2/h1-38H;1-2H3. The van der Waals surface area contributed by atoms with Gasteiger partial charge >= 0.3 is 0 Å². The molecule has 0 amide bonds. The third kappa shape index (κ3) is 7.27. The second-order valence-electron chi connectivity index (χ2n) is 17.5. The highest BCUT2D eigenvalue weighted by atomic mass is 32.1. The van der Waals surface area contributed by atoms with Crippen LogP contribution in [0, 0.1) is 0 Å². The highest BCUT2D eigenvalue weighted by Crippen LogP contribution is 2.44. The average molecular weight is 929 g/mol. The fourth-order valence-electron chi connectivity index (χ4n) is 10.2. The van der Waals surface area contributed by atoms with Crippen LogP contribution in [-0.2, 0) is 0 Å². The quantitative estimate of drug-likeness (QED) is 0.160. The number of rotatable bonds is 7. The highest BCUT2D eigenvalue weighted by Gasteiger charge is 2.21. The Kier molecular flexibility index (Phi) is 10.4. The van der Waals surface area contributed by atoms with Crippen LogP contribution in [0.5, 0.6) is 0 Å². The van der Waals surface area contributed by atoms with Crippen LogP contribution in [-0.4, -0.2) is 19.5 Å². The Bertz CT molecular complexity index is 4300. The summed E-state index contributed by atoms with van der Waals surface area (Å²) in [5.74, 6) is 1.78. The Morgan fingerprint density at radius 2 is 0.915 bits per heavy atom. The van der Waals surface area contributed by atoms with Gasteiger partial charge in [0.2, 0.25) is 0 Å². The molecule has 0 saturated carbocycles. The minimum Gasteiger partial charge on any atom is -0.456 e. The Labute approximate surface area is 414 Å². The van der Waals surface area contributed by atoms with Crippen molar-refractivity contribution in [3.63, 3.8) is 0 Å². The minimum atomic E-state index is 0.581. The molecule has 6 heteroatoms. The van der Waals surface area contributed by atoms with Crippen LogP contribution in [0.15, 0.2) is 235 Å². The normalized spacial score (nSPS) is 11.5. The van der Waals surface area contributed by atoms with Crippen molar-refractivity contribution in [1.82, 2.24) is 19.5 Å². The molecule has 0 radical (unpaired) electrons. The van der Waals surface area contributed by atoms with Crippen LogP contribution in [0.25, 0.3) is 137 Å². The van der Waals surface area contributed by atoms with Gasteiger partial charge in [0.15, 0.2) is 17.5 Å². The van der Waals surface area contributed by atoms with E-state index in [0.717, 1.165) is 66.5 Å². The highest BCUT2D eigenvalue weighted by molar-refractivity contribution is 7.26. The van der Waals surface area contributed by atoms with Crippen molar-refractivity contribution < 1.29 is 4.42 Å². The van der Waals surface area contributed by atoms with E-state index in [1.807, 2.05) is 79.8 Å². The van der Waals surface area contributed by atoms with Gasteiger partial charge < -0.3 is 8.98 Å². The molecular formula is C65H44N4OS. The van der Waals surface area contributed by atoms with Crippen LogP contribution >= 0.6 is 11.3 Å². The van der Waals surface area contributed by atoms with E-state index < -0.39 is 0 Å². The lowest BCUT2D eigenvalue weighted by Crippen LogP contribution is -2.01. The fourth-order valence-corrected chi connectivity index (χ4v) is 11.4. The lowest BCUT2D eigenvalue weighted by atomic mass is 9.93. The van der Waals surface area contributed by atoms with E-state index in [1.54, 1.807) is 0 Å². The van der Waals surface area contributed by atoms with E-state index >= 15 is 0 Å². The van der Waals surface area contributed by atoms with Crippen molar-refractivity contribution in [2.45, 2.75) is 13.8 Å². The molecule has 5 nitrogen and oxygen atoms in total. The van der Waals surface area contributed by atoms with Crippen molar-refractivity contribution in [1.29, 1.82) is 0 Å². The molecule has 0 atom stereocenters. The molecule has 0 bridgehead atoms. The zero-order chi connectivity index (χ0) is 47.4. The first-order valence-corrected chi connectivity index (χ1v) is 25.0. The van der Waals surface area contributed by atoms with Gasteiger partial charge in [-0.05, 0) is 101 Å². The molecule has 71 heavy (non-hydrogen) atoms. The average Bonchev–Trinajstić information content (AvgIpc) is 4.13. The minimum absolute atomic E-state index is 0.581. The zero-order valence-electron chi connectivity index (χ0n) is 39.0. The lowest BCUT2D eigenvalue weighted by Gasteiger charge is -2.15. The smallest absolute Gasteiger partial charge is 0.164 e. The Hall–Kier alpha value is -8.97. The van der Waals surface area contributed by atoms with E-state index in [0.29, 0.717) is 17.5 Å². The first kappa shape index (κ1) is 42.2. The summed E-state index contributed by atoms with van der Waals surface area (Å²) in [6.45, 7) is 4.00. The number of hydrogen-bond donors (Lipinski definition) is 0.